The van der Waals surface area contributed by atoms with Crippen LogP contribution in [0.1, 0.15) is 50.0 Å². The molecule has 0 radical (unpaired) electrons. The van der Waals surface area contributed by atoms with E-state index < -0.39 is 26.0 Å². The van der Waals surface area contributed by atoms with Crippen LogP contribution in [0, 0.1) is 6.92 Å². The number of hydrazone groups is 1. The van der Waals surface area contributed by atoms with Gasteiger partial charge in [-0.1, -0.05) is 23.7 Å². The van der Waals surface area contributed by atoms with Crippen molar-refractivity contribution in [3.63, 3.8) is 0 Å². The molecule has 174 valence electrons. The highest BCUT2D eigenvalue weighted by molar-refractivity contribution is 7.74. The van der Waals surface area contributed by atoms with Crippen molar-refractivity contribution in [2.45, 2.75) is 46.1 Å². The molecule has 0 aliphatic carbocycles. The zero-order valence-corrected chi connectivity index (χ0v) is 20.9. The van der Waals surface area contributed by atoms with Crippen LogP contribution in [0.4, 0.5) is 0 Å². The van der Waals surface area contributed by atoms with Crippen molar-refractivity contribution in [2.75, 3.05) is 26.4 Å². The van der Waals surface area contributed by atoms with Crippen molar-refractivity contribution < 1.29 is 32.0 Å². The molecule has 0 atom stereocenters. The number of nitrogens with zero attached hydrogens (tertiary/aromatic N) is 1. The number of halogens is 1. The molecule has 2 rings (SSSR count). The van der Waals surface area contributed by atoms with Crippen molar-refractivity contribution in [1.29, 1.82) is 0 Å². The summed E-state index contributed by atoms with van der Waals surface area (Å²) in [7, 11) is -8.36. The van der Waals surface area contributed by atoms with E-state index in [-0.39, 0.29) is 44.1 Å². The summed E-state index contributed by atoms with van der Waals surface area (Å²) in [5.41, 5.74) is 3.71. The lowest BCUT2D eigenvalue weighted by Crippen LogP contribution is -2.42. The van der Waals surface area contributed by atoms with Crippen molar-refractivity contribution in [2.24, 2.45) is 5.10 Å². The van der Waals surface area contributed by atoms with Crippen molar-refractivity contribution in [3.05, 3.63) is 34.3 Å². The smallest absolute Gasteiger partial charge is 0.307 e. The van der Waals surface area contributed by atoms with Crippen LogP contribution in [0.2, 0.25) is 5.02 Å². The maximum absolute atomic E-state index is 13.9. The second kappa shape index (κ2) is 10.7. The molecule has 1 aliphatic rings. The monoisotopic (exact) mass is 494 g/mol. The van der Waals surface area contributed by atoms with Gasteiger partial charge in [0.05, 0.1) is 26.4 Å². The van der Waals surface area contributed by atoms with Gasteiger partial charge in [0.1, 0.15) is 5.71 Å². The third-order valence-electron chi connectivity index (χ3n) is 4.58. The van der Waals surface area contributed by atoms with Crippen LogP contribution in [0.3, 0.4) is 0 Å². The van der Waals surface area contributed by atoms with Gasteiger partial charge >= 0.3 is 15.2 Å². The molecule has 0 saturated carbocycles. The summed E-state index contributed by atoms with van der Waals surface area (Å²) in [4.78, 5) is 13.1. The van der Waals surface area contributed by atoms with Crippen LogP contribution >= 0.6 is 26.8 Å². The van der Waals surface area contributed by atoms with Crippen LogP contribution < -0.4 is 5.43 Å². The van der Waals surface area contributed by atoms with Crippen LogP contribution in [-0.2, 0) is 27.2 Å². The Kier molecular flexibility index (Phi) is 9.05. The van der Waals surface area contributed by atoms with Crippen LogP contribution in [-0.4, -0.2) is 42.9 Å². The first-order chi connectivity index (χ1) is 14.6. The first-order valence-corrected chi connectivity index (χ1v) is 13.5. The highest BCUT2D eigenvalue weighted by atomic mass is 35.5. The molecular weight excluding hydrogens is 466 g/mol. The Labute approximate surface area is 187 Å². The van der Waals surface area contributed by atoms with E-state index >= 15 is 0 Å². The van der Waals surface area contributed by atoms with Crippen molar-refractivity contribution in [3.8, 4) is 0 Å². The molecule has 1 aromatic rings. The van der Waals surface area contributed by atoms with Crippen molar-refractivity contribution >= 4 is 38.3 Å². The molecule has 0 spiro atoms. The summed E-state index contributed by atoms with van der Waals surface area (Å²) in [6.07, 6.45) is -0.341. The predicted molar refractivity (Wildman–Crippen MR) is 120 cm³/mol. The highest BCUT2D eigenvalue weighted by Gasteiger charge is 2.68. The van der Waals surface area contributed by atoms with E-state index in [2.05, 4.69) is 10.5 Å². The van der Waals surface area contributed by atoms with E-state index in [0.29, 0.717) is 5.02 Å². The Morgan fingerprint density at radius 3 is 1.94 bits per heavy atom. The fourth-order valence-electron chi connectivity index (χ4n) is 3.15. The average molecular weight is 495 g/mol. The standard InChI is InChI=1S/C19H29ClN2O7P2/c1-6-26-30(24,27-7-2)19(31(25,28-8-3)29-9-4)13-17(21-22-19)18(23)15-11-10-14(5)16(20)12-15/h10-12,22H,6-9,13H2,1-5H3. The first-order valence-electron chi connectivity index (χ1n) is 10.1. The first kappa shape index (κ1) is 26.2. The van der Waals surface area contributed by atoms with Gasteiger partial charge in [0, 0.05) is 17.0 Å². The molecule has 0 fully saturated rings. The lowest BCUT2D eigenvalue weighted by molar-refractivity contribution is 0.106. The number of aryl methyl sites for hydroxylation is 1. The molecular formula is C19H29ClN2O7P2. The number of carbonyl (C=O) groups is 1. The number of nitrogens with one attached hydrogen (secondary N) is 1. The third-order valence-corrected chi connectivity index (χ3v) is 11.2. The molecule has 0 unspecified atom stereocenters. The number of Topliss-reactive ketones (excluding diaryl/α,β-unsaturated/α-hetero) is 1. The molecule has 1 aromatic carbocycles. The molecule has 1 N–H and O–H groups in total. The van der Waals surface area contributed by atoms with Gasteiger partial charge in [0.15, 0.2) is 0 Å². The number of ketones is 1. The van der Waals surface area contributed by atoms with Gasteiger partial charge in [-0.15, -0.1) is 0 Å². The fraction of sp³-hybridized carbons (Fsp3) is 0.579. The van der Waals surface area contributed by atoms with Gasteiger partial charge in [0.25, 0.3) is 5.02 Å². The quantitative estimate of drug-likeness (QED) is 0.305. The molecule has 0 amide bonds. The maximum Gasteiger partial charge on any atom is 0.370 e. The summed E-state index contributed by atoms with van der Waals surface area (Å²) in [6.45, 7) is 8.36. The number of rotatable bonds is 12. The van der Waals surface area contributed by atoms with E-state index in [1.807, 2.05) is 6.92 Å². The Morgan fingerprint density at radius 2 is 1.52 bits per heavy atom. The third kappa shape index (κ3) is 4.98. The molecule has 1 aliphatic heterocycles. The largest absolute Gasteiger partial charge is 0.370 e. The highest BCUT2D eigenvalue weighted by Crippen LogP contribution is 2.78. The van der Waals surface area contributed by atoms with Gasteiger partial charge in [-0.05, 0) is 46.2 Å². The SMILES string of the molecule is CCOP(=O)(OCC)C1(P(=O)(OCC)OCC)CC(C(=O)c2ccc(C)c(Cl)c2)=NN1. The van der Waals surface area contributed by atoms with E-state index in [0.717, 1.165) is 5.56 Å². The molecule has 0 bridgehead atoms. The van der Waals surface area contributed by atoms with E-state index in [1.165, 1.54) is 6.07 Å². The second-order valence-corrected chi connectivity index (χ2v) is 11.9. The summed E-state index contributed by atoms with van der Waals surface area (Å²) >= 11 is 6.15. The van der Waals surface area contributed by atoms with Crippen molar-refractivity contribution in [1.82, 2.24) is 5.43 Å². The van der Waals surface area contributed by atoms with Crippen LogP contribution in [0.15, 0.2) is 23.3 Å². The normalized spacial score (nSPS) is 16.1. The topological polar surface area (TPSA) is 113 Å². The Bertz CT molecular complexity index is 888. The maximum atomic E-state index is 13.9. The molecule has 31 heavy (non-hydrogen) atoms. The second-order valence-electron chi connectivity index (χ2n) is 6.62. The zero-order chi connectivity index (χ0) is 23.3. The number of carbonyl (C=O) groups excluding carboxylic acids is 1. The molecule has 0 aromatic heterocycles. The van der Waals surface area contributed by atoms with Gasteiger partial charge in [-0.3, -0.25) is 19.4 Å². The molecule has 12 heteroatoms. The Morgan fingerprint density at radius 1 is 1.03 bits per heavy atom. The average Bonchev–Trinajstić information content (AvgIpc) is 3.18. The Balaban J connectivity index is 2.56. The van der Waals surface area contributed by atoms with Gasteiger partial charge in [-0.25, -0.2) is 0 Å². The minimum atomic E-state index is -4.18. The minimum Gasteiger partial charge on any atom is -0.307 e. The van der Waals surface area contributed by atoms with Crippen LogP contribution in [0.5, 0.6) is 0 Å². The molecule has 1 heterocycles. The van der Waals surface area contributed by atoms with E-state index in [1.54, 1.807) is 39.8 Å². The van der Waals surface area contributed by atoms with Gasteiger partial charge in [0.2, 0.25) is 5.78 Å². The summed E-state index contributed by atoms with van der Waals surface area (Å²) < 4.78 is 49.8. The van der Waals surface area contributed by atoms with Gasteiger partial charge in [-0.2, -0.15) is 5.10 Å². The lowest BCUT2D eigenvalue weighted by Gasteiger charge is -2.38. The predicted octanol–water partition coefficient (Wildman–Crippen LogP) is 5.37. The number of benzene rings is 1. The summed E-state index contributed by atoms with van der Waals surface area (Å²) in [5, 5.41) is 2.51. The zero-order valence-electron chi connectivity index (χ0n) is 18.3. The summed E-state index contributed by atoms with van der Waals surface area (Å²) in [5.74, 6) is -0.463. The lowest BCUT2D eigenvalue weighted by atomic mass is 10.0. The Hall–Kier alpha value is -1.05. The molecule has 0 saturated heterocycles. The summed E-state index contributed by atoms with van der Waals surface area (Å²) in [6, 6.07) is 4.85. The number of hydrogen-bond donors (Lipinski definition) is 1. The van der Waals surface area contributed by atoms with Crippen LogP contribution in [0.25, 0.3) is 0 Å². The number of hydrogen-bond acceptors (Lipinski definition) is 9. The van der Waals surface area contributed by atoms with Gasteiger partial charge < -0.3 is 18.1 Å². The van der Waals surface area contributed by atoms with E-state index in [9.17, 15) is 13.9 Å². The van der Waals surface area contributed by atoms with E-state index in [4.69, 9.17) is 29.7 Å². The fourth-order valence-corrected chi connectivity index (χ4v) is 8.62. The minimum absolute atomic E-state index is 0.00973. The molecule has 9 nitrogen and oxygen atoms in total.